The molecule has 1 atom stereocenters. The summed E-state index contributed by atoms with van der Waals surface area (Å²) in [5.41, 5.74) is 1.80. The van der Waals surface area contributed by atoms with Gasteiger partial charge in [0.2, 0.25) is 0 Å². The van der Waals surface area contributed by atoms with Crippen LogP contribution in [0.15, 0.2) is 12.1 Å². The molecule has 1 unspecified atom stereocenters. The minimum Gasteiger partial charge on any atom is -0.488 e. The van der Waals surface area contributed by atoms with Crippen LogP contribution < -0.4 is 15.4 Å². The molecular formula is C12H17N3O3. The average molecular weight is 251 g/mol. The van der Waals surface area contributed by atoms with Crippen molar-refractivity contribution >= 4 is 6.09 Å². The minimum atomic E-state index is -0.388. The maximum Gasteiger partial charge on any atom is 0.407 e. The lowest BCUT2D eigenvalue weighted by Gasteiger charge is -2.13. The number of ether oxygens (including phenoxy) is 2. The van der Waals surface area contributed by atoms with Crippen LogP contribution in [0.4, 0.5) is 4.79 Å². The second kappa shape index (κ2) is 5.68. The van der Waals surface area contributed by atoms with Crippen molar-refractivity contribution in [3.05, 3.63) is 23.5 Å². The van der Waals surface area contributed by atoms with Gasteiger partial charge in [-0.1, -0.05) is 0 Å². The van der Waals surface area contributed by atoms with Crippen molar-refractivity contribution in [1.82, 2.24) is 15.6 Å². The smallest absolute Gasteiger partial charge is 0.407 e. The Labute approximate surface area is 106 Å². The number of alkyl carbamates (subject to hydrolysis) is 1. The highest BCUT2D eigenvalue weighted by Gasteiger charge is 2.23. The van der Waals surface area contributed by atoms with Gasteiger partial charge in [0.1, 0.15) is 12.4 Å². The monoisotopic (exact) mass is 251 g/mol. The Morgan fingerprint density at radius 1 is 1.61 bits per heavy atom. The Morgan fingerprint density at radius 3 is 3.11 bits per heavy atom. The van der Waals surface area contributed by atoms with Crippen LogP contribution in [-0.4, -0.2) is 37.4 Å². The van der Waals surface area contributed by atoms with Gasteiger partial charge in [0.05, 0.1) is 12.2 Å². The number of rotatable bonds is 5. The third kappa shape index (κ3) is 3.10. The molecule has 98 valence electrons. The molecule has 0 bridgehead atoms. The third-order valence-corrected chi connectivity index (χ3v) is 2.59. The Kier molecular flexibility index (Phi) is 3.99. The van der Waals surface area contributed by atoms with Crippen molar-refractivity contribution < 1.29 is 14.3 Å². The summed E-state index contributed by atoms with van der Waals surface area (Å²) in [6, 6.07) is 3.78. The topological polar surface area (TPSA) is 72.5 Å². The van der Waals surface area contributed by atoms with Gasteiger partial charge in [0.15, 0.2) is 6.10 Å². The summed E-state index contributed by atoms with van der Waals surface area (Å²) in [7, 11) is 1.86. The van der Waals surface area contributed by atoms with Gasteiger partial charge >= 0.3 is 6.09 Å². The molecule has 18 heavy (non-hydrogen) atoms. The molecule has 0 saturated carbocycles. The predicted molar refractivity (Wildman–Crippen MR) is 65.5 cm³/mol. The highest BCUT2D eigenvalue weighted by atomic mass is 16.6. The molecular weight excluding hydrogens is 234 g/mol. The molecule has 2 rings (SSSR count). The number of aromatic nitrogens is 1. The van der Waals surface area contributed by atoms with Crippen LogP contribution in [0.2, 0.25) is 0 Å². The predicted octanol–water partition coefficient (Wildman–Crippen LogP) is 0.597. The van der Waals surface area contributed by atoms with E-state index >= 15 is 0 Å². The van der Waals surface area contributed by atoms with Crippen LogP contribution >= 0.6 is 0 Å². The van der Waals surface area contributed by atoms with Crippen LogP contribution in [0.3, 0.4) is 0 Å². The molecule has 1 aliphatic rings. The standard InChI is InChI=1S/C12H17N3O3/c1-8-3-4-11(10(15-8)6-13-2)17-7-9-5-14-12(16)18-9/h3-4,9,13H,5-7H2,1-2H3,(H,14,16). The van der Waals surface area contributed by atoms with Gasteiger partial charge < -0.3 is 20.1 Å². The maximum atomic E-state index is 10.9. The van der Waals surface area contributed by atoms with Gasteiger partial charge in [0, 0.05) is 12.2 Å². The Bertz CT molecular complexity index is 437. The molecule has 0 aromatic carbocycles. The molecule has 0 radical (unpaired) electrons. The number of hydrogen-bond donors (Lipinski definition) is 2. The molecule has 1 fully saturated rings. The molecule has 1 amide bonds. The zero-order chi connectivity index (χ0) is 13.0. The van der Waals surface area contributed by atoms with Gasteiger partial charge in [-0.15, -0.1) is 0 Å². The van der Waals surface area contributed by atoms with Crippen molar-refractivity contribution in [2.75, 3.05) is 20.2 Å². The maximum absolute atomic E-state index is 10.9. The van der Waals surface area contributed by atoms with E-state index in [2.05, 4.69) is 15.6 Å². The fourth-order valence-corrected chi connectivity index (χ4v) is 1.73. The zero-order valence-corrected chi connectivity index (χ0v) is 10.5. The number of nitrogens with zero attached hydrogens (tertiary/aromatic N) is 1. The fourth-order valence-electron chi connectivity index (χ4n) is 1.73. The Balaban J connectivity index is 1.97. The van der Waals surface area contributed by atoms with Crippen molar-refractivity contribution in [2.24, 2.45) is 0 Å². The third-order valence-electron chi connectivity index (χ3n) is 2.59. The van der Waals surface area contributed by atoms with Gasteiger partial charge in [-0.05, 0) is 26.1 Å². The summed E-state index contributed by atoms with van der Waals surface area (Å²) in [4.78, 5) is 15.3. The SMILES string of the molecule is CNCc1nc(C)ccc1OCC1CNC(=O)O1. The van der Waals surface area contributed by atoms with Crippen LogP contribution in [0, 0.1) is 6.92 Å². The Morgan fingerprint density at radius 2 is 2.44 bits per heavy atom. The molecule has 1 saturated heterocycles. The van der Waals surface area contributed by atoms with E-state index in [-0.39, 0.29) is 12.2 Å². The quantitative estimate of drug-likeness (QED) is 0.801. The van der Waals surface area contributed by atoms with Gasteiger partial charge in [-0.2, -0.15) is 0 Å². The number of hydrogen-bond acceptors (Lipinski definition) is 5. The molecule has 1 aromatic rings. The van der Waals surface area contributed by atoms with Gasteiger partial charge in [-0.3, -0.25) is 4.98 Å². The summed E-state index contributed by atoms with van der Waals surface area (Å²) in [6.45, 7) is 3.39. The van der Waals surface area contributed by atoms with Crippen molar-refractivity contribution in [3.8, 4) is 5.75 Å². The molecule has 6 heteroatoms. The second-order valence-electron chi connectivity index (χ2n) is 4.15. The van der Waals surface area contributed by atoms with E-state index in [4.69, 9.17) is 9.47 Å². The summed E-state index contributed by atoms with van der Waals surface area (Å²) >= 11 is 0. The number of pyridine rings is 1. The second-order valence-corrected chi connectivity index (χ2v) is 4.15. The highest BCUT2D eigenvalue weighted by Crippen LogP contribution is 2.17. The largest absolute Gasteiger partial charge is 0.488 e. The first-order valence-electron chi connectivity index (χ1n) is 5.87. The number of carbonyl (C=O) groups is 1. The van der Waals surface area contributed by atoms with Crippen LogP contribution in [0.1, 0.15) is 11.4 Å². The first kappa shape index (κ1) is 12.6. The van der Waals surface area contributed by atoms with Gasteiger partial charge in [-0.25, -0.2) is 4.79 Å². The number of cyclic esters (lactones) is 1. The lowest BCUT2D eigenvalue weighted by Crippen LogP contribution is -2.22. The first-order chi connectivity index (χ1) is 8.69. The van der Waals surface area contributed by atoms with Crippen molar-refractivity contribution in [3.63, 3.8) is 0 Å². The van der Waals surface area contributed by atoms with Crippen molar-refractivity contribution in [2.45, 2.75) is 19.6 Å². The van der Waals surface area contributed by atoms with Crippen molar-refractivity contribution in [1.29, 1.82) is 0 Å². The van der Waals surface area contributed by atoms with Crippen LogP contribution in [0.5, 0.6) is 5.75 Å². The van der Waals surface area contributed by atoms with E-state index in [9.17, 15) is 4.79 Å². The molecule has 2 N–H and O–H groups in total. The summed E-state index contributed by atoms with van der Waals surface area (Å²) < 4.78 is 10.7. The van der Waals surface area contributed by atoms with Gasteiger partial charge in [0.25, 0.3) is 0 Å². The zero-order valence-electron chi connectivity index (χ0n) is 10.5. The average Bonchev–Trinajstić information content (AvgIpc) is 2.75. The lowest BCUT2D eigenvalue weighted by molar-refractivity contribution is 0.104. The molecule has 0 spiro atoms. The lowest BCUT2D eigenvalue weighted by atomic mass is 10.3. The summed E-state index contributed by atoms with van der Waals surface area (Å²) in [5.74, 6) is 0.720. The van der Waals surface area contributed by atoms with E-state index < -0.39 is 0 Å². The van der Waals surface area contributed by atoms with E-state index in [1.54, 1.807) is 0 Å². The number of amides is 1. The summed E-state index contributed by atoms with van der Waals surface area (Å²) in [6.07, 6.45) is -0.623. The van der Waals surface area contributed by atoms with E-state index in [1.807, 2.05) is 26.1 Å². The number of carbonyl (C=O) groups excluding carboxylic acids is 1. The van der Waals surface area contributed by atoms with Crippen LogP contribution in [0.25, 0.3) is 0 Å². The number of nitrogens with one attached hydrogen (secondary N) is 2. The van der Waals surface area contributed by atoms with E-state index in [0.29, 0.717) is 19.7 Å². The molecule has 2 heterocycles. The van der Waals surface area contributed by atoms with E-state index in [1.165, 1.54) is 0 Å². The fraction of sp³-hybridized carbons (Fsp3) is 0.500. The molecule has 6 nitrogen and oxygen atoms in total. The molecule has 1 aliphatic heterocycles. The highest BCUT2D eigenvalue weighted by molar-refractivity contribution is 5.69. The van der Waals surface area contributed by atoms with Crippen LogP contribution in [-0.2, 0) is 11.3 Å². The minimum absolute atomic E-state index is 0.235. The number of aryl methyl sites for hydroxylation is 1. The summed E-state index contributed by atoms with van der Waals surface area (Å²) in [5, 5.41) is 5.63. The Hall–Kier alpha value is -1.82. The normalized spacial score (nSPS) is 18.3. The molecule has 0 aliphatic carbocycles. The van der Waals surface area contributed by atoms with E-state index in [0.717, 1.165) is 17.1 Å². The molecule has 1 aromatic heterocycles. The first-order valence-corrected chi connectivity index (χ1v) is 5.87.